The minimum atomic E-state index is 1.24. The summed E-state index contributed by atoms with van der Waals surface area (Å²) < 4.78 is 3.52. The Morgan fingerprint density at radius 3 is 2.23 bits per heavy atom. The number of hydrogen-bond acceptors (Lipinski definition) is 2. The van der Waals surface area contributed by atoms with Crippen LogP contribution in [0, 0.1) is 0 Å². The summed E-state index contributed by atoms with van der Waals surface area (Å²) >= 11 is 3.54. The zero-order chi connectivity index (χ0) is 9.10. The minimum Gasteiger partial charge on any atom is -0.177 e. The molecule has 0 saturated carbocycles. The van der Waals surface area contributed by atoms with E-state index in [9.17, 15) is 0 Å². The molecule has 0 bridgehead atoms. The van der Waals surface area contributed by atoms with Crippen LogP contribution < -0.4 is 8.56 Å². The Bertz CT molecular complexity index is 422. The Morgan fingerprint density at radius 2 is 1.62 bits per heavy atom. The second-order valence-corrected chi connectivity index (χ2v) is 4.72. The maximum Gasteiger partial charge on any atom is 0.319 e. The van der Waals surface area contributed by atoms with Crippen LogP contribution in [-0.4, -0.2) is 7.05 Å². The van der Waals surface area contributed by atoms with Crippen LogP contribution in [0.3, 0.4) is 0 Å². The van der Waals surface area contributed by atoms with Crippen molar-refractivity contribution in [2.45, 2.75) is 0 Å². The smallest absolute Gasteiger partial charge is 0.177 e. The van der Waals surface area contributed by atoms with Crippen molar-refractivity contribution in [3.63, 3.8) is 0 Å². The van der Waals surface area contributed by atoms with Crippen molar-refractivity contribution < 1.29 is 0 Å². The maximum atomic E-state index is 2.20. The molecular weight excluding hydrogens is 198 g/mol. The number of hydrogen-bond donors (Lipinski definition) is 0. The number of nitrogens with zero attached hydrogens (tertiary/aromatic N) is 1. The molecule has 3 heteroatoms. The Morgan fingerprint density at radius 1 is 1.00 bits per heavy atom. The van der Waals surface area contributed by atoms with E-state index in [2.05, 4.69) is 46.6 Å². The fourth-order valence-corrected chi connectivity index (χ4v) is 2.87. The molecule has 0 saturated heterocycles. The molecule has 1 aromatic heterocycles. The molecule has 2 aromatic rings. The first-order valence-corrected chi connectivity index (χ1v) is 5.78. The van der Waals surface area contributed by atoms with Crippen LogP contribution in [0.4, 0.5) is 5.69 Å². The highest BCUT2D eigenvalue weighted by atomic mass is 32.2. The molecule has 1 aromatic carbocycles. The van der Waals surface area contributed by atoms with E-state index in [1.54, 1.807) is 22.7 Å². The second kappa shape index (κ2) is 3.85. The van der Waals surface area contributed by atoms with Gasteiger partial charge in [-0.3, -0.25) is 0 Å². The first-order valence-electron chi connectivity index (χ1n) is 4.02. The standard InChI is InChI=1S/C10H10NS2/c1-11(10-12-7-8-13-10)9-5-3-2-4-6-9/h2-8H,1H3/q+1. The summed E-state index contributed by atoms with van der Waals surface area (Å²) in [7, 11) is 2.09. The van der Waals surface area contributed by atoms with Crippen LogP contribution in [0.1, 0.15) is 0 Å². The third-order valence-electron chi connectivity index (χ3n) is 1.81. The van der Waals surface area contributed by atoms with E-state index in [0.29, 0.717) is 0 Å². The summed E-state index contributed by atoms with van der Waals surface area (Å²) in [6.07, 6.45) is 0. The Balaban J connectivity index is 2.57. The predicted molar refractivity (Wildman–Crippen MR) is 59.5 cm³/mol. The van der Waals surface area contributed by atoms with Crippen molar-refractivity contribution in [2.24, 2.45) is 0 Å². The molecule has 0 N–H and O–H groups in total. The summed E-state index contributed by atoms with van der Waals surface area (Å²) in [5.41, 5.74) is 1.24. The van der Waals surface area contributed by atoms with Crippen molar-refractivity contribution in [3.8, 4) is 0 Å². The lowest BCUT2D eigenvalue weighted by molar-refractivity contribution is 0.931. The number of benzene rings is 1. The third kappa shape index (κ3) is 1.87. The van der Waals surface area contributed by atoms with Gasteiger partial charge in [-0.15, -0.1) is 0 Å². The van der Waals surface area contributed by atoms with Crippen LogP contribution in [0.2, 0.25) is 0 Å². The van der Waals surface area contributed by atoms with Gasteiger partial charge in [-0.05, 0) is 0 Å². The minimum absolute atomic E-state index is 1.24. The quantitative estimate of drug-likeness (QED) is 0.634. The Kier molecular flexibility index (Phi) is 2.57. The van der Waals surface area contributed by atoms with E-state index < -0.39 is 0 Å². The molecular formula is C10H10NS2+. The van der Waals surface area contributed by atoms with Gasteiger partial charge in [-0.2, -0.15) is 4.58 Å². The highest BCUT2D eigenvalue weighted by Crippen LogP contribution is 2.06. The van der Waals surface area contributed by atoms with E-state index in [0.717, 1.165) is 0 Å². The Hall–Kier alpha value is -0.930. The molecule has 0 aliphatic heterocycles. The molecule has 1 heterocycles. The SMILES string of the molecule is C[N+](c1ccccc1)=c1sccs1. The molecule has 0 atom stereocenters. The largest absolute Gasteiger partial charge is 0.319 e. The van der Waals surface area contributed by atoms with Crippen LogP contribution in [0.5, 0.6) is 0 Å². The summed E-state index contributed by atoms with van der Waals surface area (Å²) in [5, 5.41) is 4.22. The van der Waals surface area contributed by atoms with Gasteiger partial charge in [0.25, 0.3) is 0 Å². The average Bonchev–Trinajstić information content (AvgIpc) is 2.71. The van der Waals surface area contributed by atoms with Gasteiger partial charge >= 0.3 is 3.98 Å². The molecule has 0 unspecified atom stereocenters. The second-order valence-electron chi connectivity index (χ2n) is 2.67. The van der Waals surface area contributed by atoms with Crippen LogP contribution in [-0.2, 0) is 0 Å². The lowest BCUT2D eigenvalue weighted by Crippen LogP contribution is -2.14. The van der Waals surface area contributed by atoms with Crippen LogP contribution >= 0.6 is 22.7 Å². The normalized spacial score (nSPS) is 9.92. The van der Waals surface area contributed by atoms with Crippen molar-refractivity contribution in [1.82, 2.24) is 4.58 Å². The number of para-hydroxylation sites is 1. The van der Waals surface area contributed by atoms with Crippen molar-refractivity contribution in [3.05, 3.63) is 45.1 Å². The zero-order valence-electron chi connectivity index (χ0n) is 7.31. The maximum absolute atomic E-state index is 2.20. The van der Waals surface area contributed by atoms with Gasteiger partial charge in [0.15, 0.2) is 0 Å². The monoisotopic (exact) mass is 208 g/mol. The van der Waals surface area contributed by atoms with Gasteiger partial charge in [-0.25, -0.2) is 0 Å². The van der Waals surface area contributed by atoms with Crippen molar-refractivity contribution >= 4 is 28.4 Å². The first-order chi connectivity index (χ1) is 6.38. The van der Waals surface area contributed by atoms with Gasteiger partial charge in [0.05, 0.1) is 0 Å². The van der Waals surface area contributed by atoms with E-state index >= 15 is 0 Å². The molecule has 0 amide bonds. The van der Waals surface area contributed by atoms with Crippen LogP contribution in [0.15, 0.2) is 41.1 Å². The average molecular weight is 208 g/mol. The zero-order valence-corrected chi connectivity index (χ0v) is 8.94. The molecule has 0 fully saturated rings. The van der Waals surface area contributed by atoms with E-state index in [-0.39, 0.29) is 0 Å². The van der Waals surface area contributed by atoms with Gasteiger partial charge < -0.3 is 0 Å². The fraction of sp³-hybridized carbons (Fsp3) is 0.100. The number of rotatable bonds is 1. The lowest BCUT2D eigenvalue weighted by atomic mass is 10.3. The molecule has 66 valence electrons. The molecule has 1 nitrogen and oxygen atoms in total. The lowest BCUT2D eigenvalue weighted by Gasteiger charge is -1.91. The third-order valence-corrected chi connectivity index (χ3v) is 4.06. The van der Waals surface area contributed by atoms with E-state index in [1.165, 1.54) is 9.67 Å². The van der Waals surface area contributed by atoms with Crippen LogP contribution in [0.25, 0.3) is 0 Å². The van der Waals surface area contributed by atoms with Gasteiger partial charge in [-0.1, -0.05) is 40.9 Å². The topological polar surface area (TPSA) is 3.01 Å². The highest BCUT2D eigenvalue weighted by Gasteiger charge is 2.03. The molecule has 0 aliphatic carbocycles. The molecule has 0 aliphatic rings. The van der Waals surface area contributed by atoms with E-state index in [1.807, 2.05) is 6.07 Å². The predicted octanol–water partition coefficient (Wildman–Crippen LogP) is 2.54. The summed E-state index contributed by atoms with van der Waals surface area (Å²) in [6.45, 7) is 0. The fourth-order valence-electron chi connectivity index (χ4n) is 1.11. The highest BCUT2D eigenvalue weighted by molar-refractivity contribution is 7.24. The van der Waals surface area contributed by atoms with E-state index in [4.69, 9.17) is 0 Å². The van der Waals surface area contributed by atoms with Crippen molar-refractivity contribution in [2.75, 3.05) is 7.05 Å². The molecule has 0 spiro atoms. The first kappa shape index (κ1) is 8.66. The summed E-state index contributed by atoms with van der Waals surface area (Å²) in [4.78, 5) is 0. The Labute approximate surface area is 85.2 Å². The molecule has 0 radical (unpaired) electrons. The summed E-state index contributed by atoms with van der Waals surface area (Å²) in [6, 6.07) is 10.4. The van der Waals surface area contributed by atoms with Gasteiger partial charge in [0.1, 0.15) is 7.05 Å². The van der Waals surface area contributed by atoms with Gasteiger partial charge in [0.2, 0.25) is 5.69 Å². The van der Waals surface area contributed by atoms with Gasteiger partial charge in [0, 0.05) is 22.9 Å². The molecule has 2 rings (SSSR count). The van der Waals surface area contributed by atoms with Crippen molar-refractivity contribution in [1.29, 1.82) is 0 Å². The summed E-state index contributed by atoms with van der Waals surface area (Å²) in [5.74, 6) is 0. The molecule has 13 heavy (non-hydrogen) atoms.